The summed E-state index contributed by atoms with van der Waals surface area (Å²) in [6.45, 7) is 8.49. The zero-order chi connectivity index (χ0) is 13.2. The summed E-state index contributed by atoms with van der Waals surface area (Å²) in [5.74, 6) is 1.64. The number of rotatable bonds is 9. The van der Waals surface area contributed by atoms with Gasteiger partial charge in [0.05, 0.1) is 13.2 Å². The van der Waals surface area contributed by atoms with Crippen LogP contribution in [0.5, 0.6) is 11.5 Å². The van der Waals surface area contributed by atoms with Gasteiger partial charge in [0.15, 0.2) is 11.5 Å². The highest BCUT2D eigenvalue weighted by atomic mass is 16.5. The molecule has 102 valence electrons. The Hall–Kier alpha value is -1.38. The zero-order valence-corrected chi connectivity index (χ0v) is 11.8. The molecule has 18 heavy (non-hydrogen) atoms. The molecular weight excluding hydrogens is 226 g/mol. The van der Waals surface area contributed by atoms with Gasteiger partial charge in [0.1, 0.15) is 0 Å². The second kappa shape index (κ2) is 8.67. The molecule has 0 heterocycles. The van der Waals surface area contributed by atoms with E-state index in [-0.39, 0.29) is 0 Å². The minimum atomic E-state index is 0.652. The SMILES string of the molecule is CCCCCNc1ccc(OCC)c(OCC)c1. The number of unbranched alkanes of at least 4 members (excludes halogenated alkanes) is 2. The highest BCUT2D eigenvalue weighted by Gasteiger charge is 2.05. The minimum absolute atomic E-state index is 0.652. The van der Waals surface area contributed by atoms with E-state index in [4.69, 9.17) is 9.47 Å². The number of anilines is 1. The van der Waals surface area contributed by atoms with Crippen molar-refractivity contribution in [2.45, 2.75) is 40.0 Å². The Labute approximate surface area is 110 Å². The summed E-state index contributed by atoms with van der Waals surface area (Å²) in [5.41, 5.74) is 1.10. The summed E-state index contributed by atoms with van der Waals surface area (Å²) in [5, 5.41) is 3.41. The molecule has 0 bridgehead atoms. The number of ether oxygens (including phenoxy) is 2. The summed E-state index contributed by atoms with van der Waals surface area (Å²) in [7, 11) is 0. The van der Waals surface area contributed by atoms with Crippen LogP contribution in [-0.4, -0.2) is 19.8 Å². The lowest BCUT2D eigenvalue weighted by Gasteiger charge is -2.13. The second-order valence-electron chi connectivity index (χ2n) is 4.16. The van der Waals surface area contributed by atoms with E-state index in [9.17, 15) is 0 Å². The van der Waals surface area contributed by atoms with Crippen LogP contribution in [0.4, 0.5) is 5.69 Å². The molecule has 0 amide bonds. The van der Waals surface area contributed by atoms with Gasteiger partial charge in [-0.25, -0.2) is 0 Å². The molecule has 0 unspecified atom stereocenters. The maximum Gasteiger partial charge on any atom is 0.163 e. The molecule has 0 fully saturated rings. The molecule has 1 aromatic rings. The van der Waals surface area contributed by atoms with E-state index < -0.39 is 0 Å². The summed E-state index contributed by atoms with van der Waals surface area (Å²) in [6.07, 6.45) is 3.71. The van der Waals surface area contributed by atoms with E-state index in [2.05, 4.69) is 12.2 Å². The predicted octanol–water partition coefficient (Wildman–Crippen LogP) is 4.09. The van der Waals surface area contributed by atoms with Gasteiger partial charge in [0.2, 0.25) is 0 Å². The topological polar surface area (TPSA) is 30.5 Å². The Morgan fingerprint density at radius 1 is 0.944 bits per heavy atom. The van der Waals surface area contributed by atoms with Gasteiger partial charge in [-0.15, -0.1) is 0 Å². The first-order chi connectivity index (χ1) is 8.81. The molecule has 1 rings (SSSR count). The zero-order valence-electron chi connectivity index (χ0n) is 11.8. The highest BCUT2D eigenvalue weighted by Crippen LogP contribution is 2.30. The van der Waals surface area contributed by atoms with Gasteiger partial charge >= 0.3 is 0 Å². The van der Waals surface area contributed by atoms with Gasteiger partial charge in [-0.2, -0.15) is 0 Å². The molecule has 0 aromatic heterocycles. The fraction of sp³-hybridized carbons (Fsp3) is 0.600. The standard InChI is InChI=1S/C15H25NO2/c1-4-7-8-11-16-13-9-10-14(17-5-2)15(12-13)18-6-3/h9-10,12,16H,4-8,11H2,1-3H3. The third kappa shape index (κ3) is 4.86. The largest absolute Gasteiger partial charge is 0.490 e. The Morgan fingerprint density at radius 3 is 2.33 bits per heavy atom. The monoisotopic (exact) mass is 251 g/mol. The number of nitrogens with one attached hydrogen (secondary N) is 1. The van der Waals surface area contributed by atoms with Crippen molar-refractivity contribution in [1.29, 1.82) is 0 Å². The van der Waals surface area contributed by atoms with Crippen molar-refractivity contribution in [3.05, 3.63) is 18.2 Å². The van der Waals surface area contributed by atoms with E-state index in [0.29, 0.717) is 13.2 Å². The van der Waals surface area contributed by atoms with E-state index in [0.717, 1.165) is 23.7 Å². The summed E-state index contributed by atoms with van der Waals surface area (Å²) in [6, 6.07) is 6.02. The van der Waals surface area contributed by atoms with Gasteiger partial charge in [-0.05, 0) is 32.4 Å². The molecule has 3 heteroatoms. The minimum Gasteiger partial charge on any atom is -0.490 e. The molecule has 0 aliphatic heterocycles. The quantitative estimate of drug-likeness (QED) is 0.671. The van der Waals surface area contributed by atoms with Crippen molar-refractivity contribution in [1.82, 2.24) is 0 Å². The lowest BCUT2D eigenvalue weighted by molar-refractivity contribution is 0.288. The van der Waals surface area contributed by atoms with Gasteiger partial charge in [0.25, 0.3) is 0 Å². The first-order valence-corrected chi connectivity index (χ1v) is 6.95. The van der Waals surface area contributed by atoms with Gasteiger partial charge < -0.3 is 14.8 Å². The van der Waals surface area contributed by atoms with Gasteiger partial charge in [-0.1, -0.05) is 19.8 Å². The second-order valence-corrected chi connectivity index (χ2v) is 4.16. The highest BCUT2D eigenvalue weighted by molar-refractivity contribution is 5.54. The summed E-state index contributed by atoms with van der Waals surface area (Å²) >= 11 is 0. The van der Waals surface area contributed by atoms with Crippen LogP contribution in [-0.2, 0) is 0 Å². The van der Waals surface area contributed by atoms with Gasteiger partial charge in [-0.3, -0.25) is 0 Å². The summed E-state index contributed by atoms with van der Waals surface area (Å²) < 4.78 is 11.1. The molecule has 0 aliphatic rings. The molecule has 1 N–H and O–H groups in total. The molecule has 1 aromatic carbocycles. The van der Waals surface area contributed by atoms with Crippen molar-refractivity contribution in [2.24, 2.45) is 0 Å². The molecular formula is C15H25NO2. The average molecular weight is 251 g/mol. The fourth-order valence-corrected chi connectivity index (χ4v) is 1.77. The Balaban J connectivity index is 2.61. The normalized spacial score (nSPS) is 10.2. The molecule has 0 saturated carbocycles. The van der Waals surface area contributed by atoms with Crippen LogP contribution in [0.25, 0.3) is 0 Å². The van der Waals surface area contributed by atoms with E-state index >= 15 is 0 Å². The van der Waals surface area contributed by atoms with Crippen molar-refractivity contribution < 1.29 is 9.47 Å². The van der Waals surface area contributed by atoms with Gasteiger partial charge in [0, 0.05) is 18.3 Å². The maximum absolute atomic E-state index is 5.59. The summed E-state index contributed by atoms with van der Waals surface area (Å²) in [4.78, 5) is 0. The van der Waals surface area contributed by atoms with Crippen LogP contribution in [0.3, 0.4) is 0 Å². The Bertz CT molecular complexity index is 339. The predicted molar refractivity (Wildman–Crippen MR) is 76.8 cm³/mol. The number of hydrogen-bond acceptors (Lipinski definition) is 3. The van der Waals surface area contributed by atoms with Crippen LogP contribution in [0.15, 0.2) is 18.2 Å². The maximum atomic E-state index is 5.59. The lowest BCUT2D eigenvalue weighted by atomic mass is 10.2. The molecule has 0 aliphatic carbocycles. The lowest BCUT2D eigenvalue weighted by Crippen LogP contribution is -2.03. The molecule has 3 nitrogen and oxygen atoms in total. The van der Waals surface area contributed by atoms with E-state index in [1.807, 2.05) is 32.0 Å². The third-order valence-corrected chi connectivity index (χ3v) is 2.65. The van der Waals surface area contributed by atoms with Crippen LogP contribution in [0.2, 0.25) is 0 Å². The molecule has 0 spiro atoms. The first kappa shape index (κ1) is 14.7. The number of hydrogen-bond donors (Lipinski definition) is 1. The molecule has 0 radical (unpaired) electrons. The molecule has 0 atom stereocenters. The van der Waals surface area contributed by atoms with Crippen LogP contribution in [0.1, 0.15) is 40.0 Å². The van der Waals surface area contributed by atoms with Crippen molar-refractivity contribution in [3.8, 4) is 11.5 Å². The first-order valence-electron chi connectivity index (χ1n) is 6.95. The van der Waals surface area contributed by atoms with Crippen molar-refractivity contribution in [2.75, 3.05) is 25.1 Å². The van der Waals surface area contributed by atoms with Crippen LogP contribution < -0.4 is 14.8 Å². The third-order valence-electron chi connectivity index (χ3n) is 2.65. The average Bonchev–Trinajstić information content (AvgIpc) is 2.38. The smallest absolute Gasteiger partial charge is 0.163 e. The fourth-order valence-electron chi connectivity index (χ4n) is 1.77. The van der Waals surface area contributed by atoms with Crippen LogP contribution >= 0.6 is 0 Å². The van der Waals surface area contributed by atoms with E-state index in [1.54, 1.807) is 0 Å². The Kier molecular flexibility index (Phi) is 7.07. The Morgan fingerprint density at radius 2 is 1.67 bits per heavy atom. The van der Waals surface area contributed by atoms with Crippen molar-refractivity contribution in [3.63, 3.8) is 0 Å². The van der Waals surface area contributed by atoms with Crippen LogP contribution in [0, 0.1) is 0 Å². The number of benzene rings is 1. The molecule has 0 saturated heterocycles. The van der Waals surface area contributed by atoms with E-state index in [1.165, 1.54) is 19.3 Å². The van der Waals surface area contributed by atoms with Crippen molar-refractivity contribution >= 4 is 5.69 Å².